The van der Waals surface area contributed by atoms with Gasteiger partial charge in [0.05, 0.1) is 5.70 Å². The van der Waals surface area contributed by atoms with Crippen molar-refractivity contribution >= 4 is 6.09 Å². The van der Waals surface area contributed by atoms with Crippen LogP contribution < -0.4 is 5.43 Å². The highest BCUT2D eigenvalue weighted by Gasteiger charge is 2.30. The Morgan fingerprint density at radius 2 is 2.12 bits per heavy atom. The molecule has 0 saturated heterocycles. The van der Waals surface area contributed by atoms with Crippen molar-refractivity contribution in [1.29, 1.82) is 0 Å². The molecular weight excluding hydrogens is 206 g/mol. The van der Waals surface area contributed by atoms with Crippen molar-refractivity contribution in [1.82, 2.24) is 15.6 Å². The van der Waals surface area contributed by atoms with Gasteiger partial charge in [0, 0.05) is 12.4 Å². The molecule has 2 heterocycles. The van der Waals surface area contributed by atoms with E-state index in [1.165, 1.54) is 5.12 Å². The molecule has 2 rings (SSSR count). The van der Waals surface area contributed by atoms with Crippen LogP contribution in [-0.4, -0.2) is 21.8 Å². The van der Waals surface area contributed by atoms with Gasteiger partial charge in [-0.25, -0.2) is 9.80 Å². The summed E-state index contributed by atoms with van der Waals surface area (Å²) in [5, 5.41) is 3.01. The Labute approximate surface area is 94.6 Å². The Balaban J connectivity index is 2.06. The van der Waals surface area contributed by atoms with Crippen LogP contribution in [0.4, 0.5) is 4.79 Å². The molecule has 0 aliphatic carbocycles. The van der Waals surface area contributed by atoms with Crippen LogP contribution >= 0.6 is 0 Å². The molecule has 5 heteroatoms. The average molecular weight is 221 g/mol. The number of hydrazine groups is 2. The van der Waals surface area contributed by atoms with Gasteiger partial charge in [-0.05, 0) is 32.9 Å². The molecule has 0 bridgehead atoms. The van der Waals surface area contributed by atoms with E-state index in [2.05, 4.69) is 5.43 Å². The Morgan fingerprint density at radius 1 is 1.38 bits per heavy atom. The molecule has 16 heavy (non-hydrogen) atoms. The zero-order valence-electron chi connectivity index (χ0n) is 9.60. The predicted molar refractivity (Wildman–Crippen MR) is 59.4 cm³/mol. The second-order valence-electron chi connectivity index (χ2n) is 4.54. The highest BCUT2D eigenvalue weighted by atomic mass is 16.6. The highest BCUT2D eigenvalue weighted by molar-refractivity contribution is 5.68. The molecule has 1 N–H and O–H groups in total. The van der Waals surface area contributed by atoms with Crippen LogP contribution in [0.25, 0.3) is 0 Å². The lowest BCUT2D eigenvalue weighted by atomic mass is 10.2. The standard InChI is InChI=1S/C11H15N3O2/c1-11(2,3)16-10(15)14-12-8-9-6-4-5-7-13(9)14/h4-8,12H,1-3H3. The van der Waals surface area contributed by atoms with Gasteiger partial charge in [-0.3, -0.25) is 5.43 Å². The summed E-state index contributed by atoms with van der Waals surface area (Å²) >= 11 is 0. The minimum Gasteiger partial charge on any atom is -0.441 e. The zero-order valence-corrected chi connectivity index (χ0v) is 9.60. The number of hydrogen-bond donors (Lipinski definition) is 1. The largest absolute Gasteiger partial charge is 0.449 e. The van der Waals surface area contributed by atoms with Gasteiger partial charge in [0.25, 0.3) is 0 Å². The van der Waals surface area contributed by atoms with Crippen molar-refractivity contribution in [2.75, 3.05) is 0 Å². The lowest BCUT2D eigenvalue weighted by Crippen LogP contribution is -2.47. The lowest BCUT2D eigenvalue weighted by Gasteiger charge is -2.30. The molecule has 86 valence electrons. The maximum atomic E-state index is 11.8. The molecule has 2 aliphatic rings. The number of allylic oxidation sites excluding steroid dienone is 3. The second-order valence-corrected chi connectivity index (χ2v) is 4.54. The Hall–Kier alpha value is -1.91. The molecule has 0 saturated carbocycles. The molecule has 5 nitrogen and oxygen atoms in total. The molecule has 0 radical (unpaired) electrons. The summed E-state index contributed by atoms with van der Waals surface area (Å²) < 4.78 is 5.26. The van der Waals surface area contributed by atoms with Gasteiger partial charge >= 0.3 is 6.09 Å². The highest BCUT2D eigenvalue weighted by Crippen LogP contribution is 2.20. The molecule has 2 aliphatic heterocycles. The zero-order chi connectivity index (χ0) is 11.8. The van der Waals surface area contributed by atoms with E-state index in [4.69, 9.17) is 4.74 Å². The minimum atomic E-state index is -0.503. The van der Waals surface area contributed by atoms with Crippen molar-refractivity contribution < 1.29 is 9.53 Å². The fraction of sp³-hybridized carbons (Fsp3) is 0.364. The maximum Gasteiger partial charge on any atom is 0.449 e. The van der Waals surface area contributed by atoms with Gasteiger partial charge in [-0.2, -0.15) is 0 Å². The van der Waals surface area contributed by atoms with Gasteiger partial charge in [-0.1, -0.05) is 6.08 Å². The maximum absolute atomic E-state index is 11.8. The number of nitrogens with one attached hydrogen (secondary N) is 1. The van der Waals surface area contributed by atoms with Crippen LogP contribution in [0.15, 0.2) is 36.3 Å². The van der Waals surface area contributed by atoms with E-state index in [1.54, 1.807) is 17.4 Å². The molecule has 0 spiro atoms. The fourth-order valence-corrected chi connectivity index (χ4v) is 1.38. The number of nitrogens with zero attached hydrogens (tertiary/aromatic N) is 2. The van der Waals surface area contributed by atoms with Gasteiger partial charge in [0.2, 0.25) is 0 Å². The third kappa shape index (κ3) is 2.03. The molecule has 0 fully saturated rings. The van der Waals surface area contributed by atoms with Crippen molar-refractivity contribution in [3.63, 3.8) is 0 Å². The minimum absolute atomic E-state index is 0.432. The number of fused-ring (bicyclic) bond motifs is 1. The topological polar surface area (TPSA) is 44.8 Å². The smallest absolute Gasteiger partial charge is 0.441 e. The van der Waals surface area contributed by atoms with Crippen molar-refractivity contribution in [3.8, 4) is 0 Å². The molecule has 0 aromatic carbocycles. The second kappa shape index (κ2) is 3.59. The van der Waals surface area contributed by atoms with Crippen molar-refractivity contribution in [2.45, 2.75) is 26.4 Å². The number of amides is 1. The van der Waals surface area contributed by atoms with Crippen molar-refractivity contribution in [3.05, 3.63) is 36.3 Å². The van der Waals surface area contributed by atoms with Crippen LogP contribution in [0.1, 0.15) is 20.8 Å². The fourth-order valence-electron chi connectivity index (χ4n) is 1.38. The molecular formula is C11H15N3O2. The summed E-state index contributed by atoms with van der Waals surface area (Å²) in [5.41, 5.74) is 3.23. The Bertz CT molecular complexity index is 391. The molecule has 0 aromatic rings. The average Bonchev–Trinajstić information content (AvgIpc) is 2.58. The summed E-state index contributed by atoms with van der Waals surface area (Å²) in [6.45, 7) is 5.50. The van der Waals surface area contributed by atoms with Crippen LogP contribution in [0.2, 0.25) is 0 Å². The third-order valence-corrected chi connectivity index (χ3v) is 1.99. The van der Waals surface area contributed by atoms with E-state index in [0.717, 1.165) is 5.70 Å². The van der Waals surface area contributed by atoms with Crippen LogP contribution in [0, 0.1) is 0 Å². The summed E-state index contributed by atoms with van der Waals surface area (Å²) in [5.74, 6) is 0. The summed E-state index contributed by atoms with van der Waals surface area (Å²) in [4.78, 5) is 11.8. The number of hydrogen-bond acceptors (Lipinski definition) is 4. The summed E-state index contributed by atoms with van der Waals surface area (Å²) in [6, 6.07) is 0. The summed E-state index contributed by atoms with van der Waals surface area (Å²) in [6.07, 6.45) is 8.75. The number of carbonyl (C=O) groups is 1. The Morgan fingerprint density at radius 3 is 2.81 bits per heavy atom. The van der Waals surface area contributed by atoms with Crippen molar-refractivity contribution in [2.24, 2.45) is 0 Å². The number of ether oxygens (including phenoxy) is 1. The predicted octanol–water partition coefficient (Wildman–Crippen LogP) is 1.88. The van der Waals surface area contributed by atoms with Crippen LogP contribution in [-0.2, 0) is 4.74 Å². The molecule has 0 aromatic heterocycles. The number of carbonyl (C=O) groups excluding carboxylic acids is 1. The molecule has 1 amide bonds. The van der Waals surface area contributed by atoms with Gasteiger partial charge in [0.1, 0.15) is 5.60 Å². The van der Waals surface area contributed by atoms with E-state index in [0.29, 0.717) is 0 Å². The van der Waals surface area contributed by atoms with Crippen LogP contribution in [0.5, 0.6) is 0 Å². The van der Waals surface area contributed by atoms with E-state index in [1.807, 2.05) is 39.0 Å². The monoisotopic (exact) mass is 221 g/mol. The first-order chi connectivity index (χ1) is 7.47. The van der Waals surface area contributed by atoms with E-state index >= 15 is 0 Å². The van der Waals surface area contributed by atoms with E-state index in [-0.39, 0.29) is 0 Å². The first-order valence-corrected chi connectivity index (χ1v) is 5.11. The van der Waals surface area contributed by atoms with Gasteiger partial charge < -0.3 is 4.74 Å². The summed E-state index contributed by atoms with van der Waals surface area (Å²) in [7, 11) is 0. The first-order valence-electron chi connectivity index (χ1n) is 5.11. The third-order valence-electron chi connectivity index (χ3n) is 1.99. The normalized spacial score (nSPS) is 18.1. The van der Waals surface area contributed by atoms with Gasteiger partial charge in [0.15, 0.2) is 0 Å². The first kappa shape index (κ1) is 10.6. The van der Waals surface area contributed by atoms with E-state index in [9.17, 15) is 4.79 Å². The Kier molecular flexibility index (Phi) is 2.38. The lowest BCUT2D eigenvalue weighted by molar-refractivity contribution is -0.0232. The van der Waals surface area contributed by atoms with E-state index < -0.39 is 11.7 Å². The molecule has 0 unspecified atom stereocenters. The molecule has 0 atom stereocenters. The van der Waals surface area contributed by atoms with Gasteiger partial charge in [-0.15, -0.1) is 5.12 Å². The SMILES string of the molecule is CC(C)(C)OC(=O)N1NC=C2C=CC=CN21. The number of rotatable bonds is 0. The quantitative estimate of drug-likeness (QED) is 0.678. The van der Waals surface area contributed by atoms with Crippen LogP contribution in [0.3, 0.4) is 0 Å².